The van der Waals surface area contributed by atoms with Gasteiger partial charge in [0.25, 0.3) is 5.91 Å². The summed E-state index contributed by atoms with van der Waals surface area (Å²) in [6.07, 6.45) is 5.30. The van der Waals surface area contributed by atoms with Gasteiger partial charge in [-0.15, -0.1) is 11.3 Å². The molecule has 4 atom stereocenters. The van der Waals surface area contributed by atoms with Crippen molar-refractivity contribution in [3.63, 3.8) is 0 Å². The second-order valence-corrected chi connectivity index (χ2v) is 14.8. The summed E-state index contributed by atoms with van der Waals surface area (Å²) >= 11 is 1.35. The zero-order chi connectivity index (χ0) is 36.8. The monoisotopic (exact) mass is 713 g/mol. The number of hydrogen-bond donors (Lipinski definition) is 3. The highest BCUT2D eigenvalue weighted by Crippen LogP contribution is 2.19. The molecule has 12 nitrogen and oxygen atoms in total. The van der Waals surface area contributed by atoms with E-state index in [1.165, 1.54) is 23.2 Å². The molecule has 3 N–H and O–H groups in total. The molecule has 2 heterocycles. The third-order valence-corrected chi connectivity index (χ3v) is 9.96. The molecular weight excluding hydrogens is 659 g/mol. The molecule has 2 aromatic rings. The second-order valence-electron chi connectivity index (χ2n) is 13.8. The fourth-order valence-electron chi connectivity index (χ4n) is 5.93. The van der Waals surface area contributed by atoms with Crippen LogP contribution in [0.4, 0.5) is 0 Å². The second kappa shape index (κ2) is 20.1. The van der Waals surface area contributed by atoms with Gasteiger partial charge in [0, 0.05) is 36.7 Å². The number of thiazole rings is 1. The van der Waals surface area contributed by atoms with Crippen LogP contribution in [0, 0.1) is 11.8 Å². The molecule has 0 bridgehead atoms. The van der Waals surface area contributed by atoms with Gasteiger partial charge in [0.2, 0.25) is 11.8 Å². The number of amides is 3. The van der Waals surface area contributed by atoms with E-state index in [1.807, 2.05) is 39.6 Å². The van der Waals surface area contributed by atoms with Crippen LogP contribution >= 0.6 is 11.3 Å². The molecule has 50 heavy (non-hydrogen) atoms. The van der Waals surface area contributed by atoms with Crippen molar-refractivity contribution in [1.29, 1.82) is 0 Å². The number of phenolic OH excluding ortho intramolecular Hbond substituents is 1. The molecule has 3 rings (SSSR count). The highest BCUT2D eigenvalue weighted by atomic mass is 32.1. The molecule has 1 fully saturated rings. The number of nitrogens with zero attached hydrogens (tertiary/aromatic N) is 3. The van der Waals surface area contributed by atoms with E-state index in [0.29, 0.717) is 37.1 Å². The van der Waals surface area contributed by atoms with Crippen molar-refractivity contribution >= 4 is 40.8 Å². The average Bonchev–Trinajstić information content (AvgIpc) is 3.54. The Hall–Kier alpha value is -3.84. The van der Waals surface area contributed by atoms with Crippen LogP contribution < -0.4 is 10.6 Å². The Labute approximate surface area is 300 Å². The molecule has 0 spiro atoms. The van der Waals surface area contributed by atoms with Gasteiger partial charge in [0.15, 0.2) is 6.73 Å². The van der Waals surface area contributed by atoms with Gasteiger partial charge in [-0.05, 0) is 82.7 Å². The minimum absolute atomic E-state index is 0.0394. The first-order chi connectivity index (χ1) is 23.8. The van der Waals surface area contributed by atoms with E-state index in [2.05, 4.69) is 15.6 Å². The van der Waals surface area contributed by atoms with Gasteiger partial charge < -0.3 is 25.4 Å². The highest BCUT2D eigenvalue weighted by Gasteiger charge is 2.31. The molecular formula is C37H55N5O7S. The number of piperidine rings is 1. The summed E-state index contributed by atoms with van der Waals surface area (Å²) in [6.45, 7) is 9.94. The molecule has 1 aromatic heterocycles. The Balaban J connectivity index is 1.64. The van der Waals surface area contributed by atoms with Crippen LogP contribution in [0.15, 0.2) is 29.6 Å². The molecule has 1 aromatic carbocycles. The SMILES string of the molecule is CCC(NC(=O)C1CCCCN1C)C(=O)N(CCCc1nc(C(=O)NC(Cc2ccc(O)cc2)CC(C)C(C)=O)cs1)COC(=O)CC(C)C. The topological polar surface area (TPSA) is 158 Å². The number of esters is 1. The quantitative estimate of drug-likeness (QED) is 0.141. The number of rotatable bonds is 19. The van der Waals surface area contributed by atoms with Crippen LogP contribution in [0.3, 0.4) is 0 Å². The van der Waals surface area contributed by atoms with Crippen LogP contribution in [0.5, 0.6) is 5.75 Å². The summed E-state index contributed by atoms with van der Waals surface area (Å²) in [6, 6.07) is 5.41. The molecule has 276 valence electrons. The maximum absolute atomic E-state index is 13.7. The lowest BCUT2D eigenvalue weighted by atomic mass is 9.93. The van der Waals surface area contributed by atoms with Crippen LogP contribution in [0.25, 0.3) is 0 Å². The predicted octanol–water partition coefficient (Wildman–Crippen LogP) is 4.49. The zero-order valence-corrected chi connectivity index (χ0v) is 31.2. The minimum atomic E-state index is -0.753. The molecule has 1 aliphatic heterocycles. The number of aromatic nitrogens is 1. The van der Waals surface area contributed by atoms with Crippen molar-refractivity contribution in [2.24, 2.45) is 11.8 Å². The third-order valence-electron chi connectivity index (χ3n) is 9.05. The number of aromatic hydroxyl groups is 1. The number of benzene rings is 1. The fourth-order valence-corrected chi connectivity index (χ4v) is 6.75. The number of likely N-dealkylation sites (tertiary alicyclic amines) is 1. The van der Waals surface area contributed by atoms with Crippen LogP contribution in [0.2, 0.25) is 0 Å². The van der Waals surface area contributed by atoms with E-state index in [0.717, 1.165) is 31.4 Å². The third kappa shape index (κ3) is 13.1. The van der Waals surface area contributed by atoms with Gasteiger partial charge in [-0.1, -0.05) is 46.2 Å². The maximum Gasteiger partial charge on any atom is 0.307 e. The molecule has 4 unspecified atom stereocenters. The van der Waals surface area contributed by atoms with Crippen molar-refractivity contribution in [3.8, 4) is 5.75 Å². The number of likely N-dealkylation sites (N-methyl/N-ethyl adjacent to an activating group) is 1. The van der Waals surface area contributed by atoms with Gasteiger partial charge >= 0.3 is 5.97 Å². The van der Waals surface area contributed by atoms with Gasteiger partial charge in [-0.2, -0.15) is 0 Å². The number of phenols is 1. The molecule has 1 saturated heterocycles. The van der Waals surface area contributed by atoms with E-state index in [9.17, 15) is 29.1 Å². The lowest BCUT2D eigenvalue weighted by Crippen LogP contribution is -2.55. The summed E-state index contributed by atoms with van der Waals surface area (Å²) < 4.78 is 5.48. The average molecular weight is 714 g/mol. The first kappa shape index (κ1) is 40.6. The van der Waals surface area contributed by atoms with Crippen molar-refractivity contribution in [1.82, 2.24) is 25.4 Å². The van der Waals surface area contributed by atoms with E-state index < -0.39 is 12.0 Å². The van der Waals surface area contributed by atoms with Crippen LogP contribution in [-0.2, 0) is 36.8 Å². The van der Waals surface area contributed by atoms with Gasteiger partial charge in [0.05, 0.1) is 11.0 Å². The number of ether oxygens (including phenoxy) is 1. The first-order valence-corrected chi connectivity index (χ1v) is 18.6. The Morgan fingerprint density at radius 2 is 1.82 bits per heavy atom. The number of ketones is 1. The Bertz CT molecular complexity index is 1430. The molecule has 13 heteroatoms. The van der Waals surface area contributed by atoms with Crippen molar-refractivity contribution in [2.45, 2.75) is 111 Å². The standard InChI is InChI=1S/C37H55N5O7S/c1-7-30(40-36(47)32-11-8-9-17-41(32)6)37(48)42(23-49-34(45)19-24(2)3)18-10-12-33-39-31(22-50-33)35(46)38-28(20-25(4)26(5)43)21-27-13-15-29(44)16-14-27/h13-16,22,24-25,28,30,32,44H,7-12,17-21,23H2,1-6H3,(H,38,46)(H,40,47). The maximum atomic E-state index is 13.7. The number of nitrogens with one attached hydrogen (secondary N) is 2. The molecule has 0 aliphatic carbocycles. The number of aryl methyl sites for hydroxylation is 1. The minimum Gasteiger partial charge on any atom is -0.508 e. The summed E-state index contributed by atoms with van der Waals surface area (Å²) in [5.74, 6) is -1.15. The van der Waals surface area contributed by atoms with Crippen molar-refractivity contribution in [2.75, 3.05) is 26.9 Å². The number of Topliss-reactive ketones (excluding diaryl/α,β-unsaturated/α-hetero) is 1. The Morgan fingerprint density at radius 1 is 1.10 bits per heavy atom. The molecule has 0 radical (unpaired) electrons. The number of carbonyl (C=O) groups is 5. The molecule has 3 amide bonds. The van der Waals surface area contributed by atoms with Crippen molar-refractivity contribution in [3.05, 3.63) is 45.9 Å². The fraction of sp³-hybridized carbons (Fsp3) is 0.622. The summed E-state index contributed by atoms with van der Waals surface area (Å²) in [5, 5.41) is 18.0. The van der Waals surface area contributed by atoms with Gasteiger partial charge in [-0.25, -0.2) is 4.98 Å². The van der Waals surface area contributed by atoms with Gasteiger partial charge in [-0.3, -0.25) is 28.9 Å². The molecule has 1 aliphatic rings. The first-order valence-electron chi connectivity index (χ1n) is 17.8. The Morgan fingerprint density at radius 3 is 2.46 bits per heavy atom. The van der Waals surface area contributed by atoms with E-state index in [1.54, 1.807) is 29.6 Å². The van der Waals surface area contributed by atoms with Crippen LogP contribution in [-0.4, -0.2) is 94.4 Å². The lowest BCUT2D eigenvalue weighted by molar-refractivity contribution is -0.155. The van der Waals surface area contributed by atoms with E-state index >= 15 is 0 Å². The number of carbonyl (C=O) groups excluding carboxylic acids is 5. The zero-order valence-electron chi connectivity index (χ0n) is 30.4. The normalized spacial score (nSPS) is 16.7. The predicted molar refractivity (Wildman–Crippen MR) is 193 cm³/mol. The summed E-state index contributed by atoms with van der Waals surface area (Å²) in [5.41, 5.74) is 1.19. The van der Waals surface area contributed by atoms with Crippen LogP contribution in [0.1, 0.15) is 101 Å². The highest BCUT2D eigenvalue weighted by molar-refractivity contribution is 7.09. The lowest BCUT2D eigenvalue weighted by Gasteiger charge is -2.33. The van der Waals surface area contributed by atoms with E-state index in [4.69, 9.17) is 4.74 Å². The Kier molecular flexibility index (Phi) is 16.3. The van der Waals surface area contributed by atoms with E-state index in [-0.39, 0.29) is 78.6 Å². The van der Waals surface area contributed by atoms with Crippen molar-refractivity contribution < 1.29 is 33.8 Å². The summed E-state index contributed by atoms with van der Waals surface area (Å²) in [7, 11) is 1.92. The smallest absolute Gasteiger partial charge is 0.307 e. The number of hydrogen-bond acceptors (Lipinski definition) is 10. The molecule has 0 saturated carbocycles. The van der Waals surface area contributed by atoms with Gasteiger partial charge in [0.1, 0.15) is 23.3 Å². The largest absolute Gasteiger partial charge is 0.508 e. The summed E-state index contributed by atoms with van der Waals surface area (Å²) in [4.78, 5) is 72.5.